The van der Waals surface area contributed by atoms with E-state index in [9.17, 15) is 13.2 Å². The number of aliphatic imine (C=N–C) groups is 1. The molecule has 7 heteroatoms. The van der Waals surface area contributed by atoms with E-state index < -0.39 is 11.9 Å². The minimum Gasteiger partial charge on any atom is -0.343 e. The number of alkyl halides is 3. The molecule has 3 nitrogen and oxygen atoms in total. The highest BCUT2D eigenvalue weighted by Gasteiger charge is 2.28. The van der Waals surface area contributed by atoms with Gasteiger partial charge in [0.2, 0.25) is 0 Å². The summed E-state index contributed by atoms with van der Waals surface area (Å²) in [4.78, 5) is 9.50. The monoisotopic (exact) mass is 409 g/mol. The van der Waals surface area contributed by atoms with E-state index in [1.807, 2.05) is 39.0 Å². The maximum atomic E-state index is 12.8. The van der Waals surface area contributed by atoms with E-state index in [2.05, 4.69) is 22.2 Å². The highest BCUT2D eigenvalue weighted by molar-refractivity contribution is 8.03. The molecule has 0 spiro atoms. The normalized spacial score (nSPS) is 18.4. The first-order chi connectivity index (χ1) is 13.2. The SMILES string of the molecule is CCCC1=C(C)/C=C(/C)C(SCC(F)(F)F)=C(C)CN=C(c2cccnc2)N1. The largest absolute Gasteiger partial charge is 0.398 e. The Morgan fingerprint density at radius 2 is 1.96 bits per heavy atom. The minimum absolute atomic E-state index is 0.320. The minimum atomic E-state index is -4.21. The van der Waals surface area contributed by atoms with Gasteiger partial charge in [-0.1, -0.05) is 19.4 Å². The van der Waals surface area contributed by atoms with Crippen LogP contribution in [0.2, 0.25) is 0 Å². The number of amidine groups is 1. The van der Waals surface area contributed by atoms with Crippen LogP contribution < -0.4 is 5.32 Å². The van der Waals surface area contributed by atoms with E-state index in [1.54, 1.807) is 12.4 Å². The van der Waals surface area contributed by atoms with Crippen molar-refractivity contribution in [3.05, 3.63) is 63.5 Å². The summed E-state index contributed by atoms with van der Waals surface area (Å²) in [6.45, 7) is 8.09. The molecule has 0 saturated heterocycles. The molecular formula is C21H26F3N3S. The fourth-order valence-electron chi connectivity index (χ4n) is 2.93. The summed E-state index contributed by atoms with van der Waals surface area (Å²) in [5, 5.41) is 3.44. The summed E-state index contributed by atoms with van der Waals surface area (Å²) in [7, 11) is 0. The molecule has 2 heterocycles. The third-order valence-electron chi connectivity index (χ3n) is 4.21. The zero-order valence-electron chi connectivity index (χ0n) is 16.7. The molecule has 0 saturated carbocycles. The number of nitrogens with one attached hydrogen (secondary N) is 1. The standard InChI is InChI=1S/C21H26F3N3S/c1-5-7-18-14(2)10-15(3)19(28-13-21(22,23)24)16(4)11-26-20(27-18)17-8-6-9-25-12-17/h6,8-10,12H,5,7,11,13H2,1-4H3,(H,26,27)/b15-10-,18-14?,19-16?. The Balaban J connectivity index is 2.51. The van der Waals surface area contributed by atoms with Gasteiger partial charge in [-0.15, -0.1) is 11.8 Å². The summed E-state index contributed by atoms with van der Waals surface area (Å²) in [6, 6.07) is 3.76. The molecule has 0 atom stereocenters. The molecule has 0 amide bonds. The Labute approximate surface area is 168 Å². The zero-order valence-corrected chi connectivity index (χ0v) is 17.5. The van der Waals surface area contributed by atoms with E-state index in [0.717, 1.165) is 52.6 Å². The fraction of sp³-hybridized carbons (Fsp3) is 0.429. The van der Waals surface area contributed by atoms with E-state index >= 15 is 0 Å². The number of thioether (sulfide) groups is 1. The number of halogens is 3. The molecule has 1 aromatic rings. The van der Waals surface area contributed by atoms with Crippen molar-refractivity contribution in [3.63, 3.8) is 0 Å². The zero-order chi connectivity index (χ0) is 20.7. The molecule has 0 fully saturated rings. The number of rotatable bonds is 5. The maximum absolute atomic E-state index is 12.8. The molecule has 1 N–H and O–H groups in total. The van der Waals surface area contributed by atoms with Crippen molar-refractivity contribution in [2.24, 2.45) is 4.99 Å². The highest BCUT2D eigenvalue weighted by atomic mass is 32.2. The number of hydrogen-bond donors (Lipinski definition) is 1. The van der Waals surface area contributed by atoms with E-state index in [0.29, 0.717) is 17.3 Å². The number of allylic oxidation sites excluding steroid dienone is 4. The first kappa shape index (κ1) is 22.3. The van der Waals surface area contributed by atoms with Gasteiger partial charge in [0.25, 0.3) is 0 Å². The molecule has 0 bridgehead atoms. The second-order valence-corrected chi connectivity index (χ2v) is 7.77. The fourth-order valence-corrected chi connectivity index (χ4v) is 3.84. The van der Waals surface area contributed by atoms with Crippen molar-refractivity contribution in [1.29, 1.82) is 0 Å². The van der Waals surface area contributed by atoms with Gasteiger partial charge in [0.1, 0.15) is 5.84 Å². The Morgan fingerprint density at radius 3 is 2.57 bits per heavy atom. The Kier molecular flexibility index (Phi) is 7.92. The number of pyridine rings is 1. The molecule has 0 aromatic carbocycles. The summed E-state index contributed by atoms with van der Waals surface area (Å²) in [5.74, 6) is -0.226. The van der Waals surface area contributed by atoms with Crippen molar-refractivity contribution in [2.45, 2.75) is 46.7 Å². The Morgan fingerprint density at radius 1 is 1.21 bits per heavy atom. The van der Waals surface area contributed by atoms with E-state index in [-0.39, 0.29) is 0 Å². The predicted octanol–water partition coefficient (Wildman–Crippen LogP) is 6.02. The smallest absolute Gasteiger partial charge is 0.343 e. The van der Waals surface area contributed by atoms with E-state index in [1.165, 1.54) is 0 Å². The third kappa shape index (κ3) is 6.55. The van der Waals surface area contributed by atoms with Crippen LogP contribution in [0.4, 0.5) is 13.2 Å². The molecule has 1 aliphatic heterocycles. The molecule has 0 aliphatic carbocycles. The van der Waals surface area contributed by atoms with Crippen LogP contribution in [0.15, 0.2) is 62.9 Å². The first-order valence-corrected chi connectivity index (χ1v) is 10.2. The van der Waals surface area contributed by atoms with Gasteiger partial charge in [0.15, 0.2) is 0 Å². The van der Waals surface area contributed by atoms with Gasteiger partial charge < -0.3 is 5.32 Å². The van der Waals surface area contributed by atoms with Crippen molar-refractivity contribution in [2.75, 3.05) is 12.3 Å². The van der Waals surface area contributed by atoms with Crippen molar-refractivity contribution < 1.29 is 13.2 Å². The van der Waals surface area contributed by atoms with Gasteiger partial charge >= 0.3 is 6.18 Å². The van der Waals surface area contributed by atoms with Crippen LogP contribution in [0.25, 0.3) is 0 Å². The average molecular weight is 410 g/mol. The average Bonchev–Trinajstić information content (AvgIpc) is 2.63. The molecule has 0 radical (unpaired) electrons. The molecule has 2 rings (SSSR count). The van der Waals surface area contributed by atoms with Crippen molar-refractivity contribution >= 4 is 17.6 Å². The molecule has 0 unspecified atom stereocenters. The lowest BCUT2D eigenvalue weighted by Crippen LogP contribution is -2.26. The number of hydrogen-bond acceptors (Lipinski definition) is 4. The quantitative estimate of drug-likeness (QED) is 0.646. The maximum Gasteiger partial charge on any atom is 0.398 e. The molecular weight excluding hydrogens is 383 g/mol. The van der Waals surface area contributed by atoms with Gasteiger partial charge in [-0.3, -0.25) is 9.98 Å². The molecule has 28 heavy (non-hydrogen) atoms. The Bertz CT molecular complexity index is 806. The number of nitrogens with zero attached hydrogens (tertiary/aromatic N) is 2. The van der Waals surface area contributed by atoms with Gasteiger partial charge in [0, 0.05) is 28.6 Å². The first-order valence-electron chi connectivity index (χ1n) is 9.21. The van der Waals surface area contributed by atoms with Crippen LogP contribution in [0, 0.1) is 0 Å². The van der Waals surface area contributed by atoms with Crippen LogP contribution in [0.3, 0.4) is 0 Å². The molecule has 1 aromatic heterocycles. The summed E-state index contributed by atoms with van der Waals surface area (Å²) < 4.78 is 38.4. The lowest BCUT2D eigenvalue weighted by Gasteiger charge is -2.19. The van der Waals surface area contributed by atoms with Crippen LogP contribution in [-0.2, 0) is 0 Å². The predicted molar refractivity (Wildman–Crippen MR) is 111 cm³/mol. The van der Waals surface area contributed by atoms with Crippen molar-refractivity contribution in [3.8, 4) is 0 Å². The highest BCUT2D eigenvalue weighted by Crippen LogP contribution is 2.34. The summed E-state index contributed by atoms with van der Waals surface area (Å²) in [6.07, 6.45) is 2.95. The van der Waals surface area contributed by atoms with Crippen LogP contribution in [0.5, 0.6) is 0 Å². The Hall–Kier alpha value is -2.02. The van der Waals surface area contributed by atoms with Crippen LogP contribution in [0.1, 0.15) is 46.1 Å². The lowest BCUT2D eigenvalue weighted by atomic mass is 10.1. The van der Waals surface area contributed by atoms with Crippen molar-refractivity contribution in [1.82, 2.24) is 10.3 Å². The molecule has 1 aliphatic rings. The third-order valence-corrected chi connectivity index (χ3v) is 5.64. The lowest BCUT2D eigenvalue weighted by molar-refractivity contribution is -0.105. The van der Waals surface area contributed by atoms with Gasteiger partial charge in [-0.25, -0.2) is 0 Å². The summed E-state index contributed by atoms with van der Waals surface area (Å²) >= 11 is 0.835. The van der Waals surface area contributed by atoms with Crippen LogP contribution in [-0.4, -0.2) is 29.3 Å². The second-order valence-electron chi connectivity index (χ2n) is 6.78. The topological polar surface area (TPSA) is 37.3 Å². The van der Waals surface area contributed by atoms with Crippen LogP contribution >= 0.6 is 11.8 Å². The second kappa shape index (κ2) is 9.96. The van der Waals surface area contributed by atoms with Gasteiger partial charge in [0.05, 0.1) is 12.3 Å². The van der Waals surface area contributed by atoms with E-state index in [4.69, 9.17) is 0 Å². The summed E-state index contributed by atoms with van der Waals surface area (Å²) in [5.41, 5.74) is 4.51. The van der Waals surface area contributed by atoms with Gasteiger partial charge in [-0.05, 0) is 56.0 Å². The molecule has 152 valence electrons. The van der Waals surface area contributed by atoms with Gasteiger partial charge in [-0.2, -0.15) is 13.2 Å². The number of aromatic nitrogens is 1.